The molecule has 2 aromatic rings. The molecule has 0 fully saturated rings. The summed E-state index contributed by atoms with van der Waals surface area (Å²) < 4.78 is 18.5. The summed E-state index contributed by atoms with van der Waals surface area (Å²) in [6, 6.07) is 0. The average molecular weight is 378 g/mol. The zero-order chi connectivity index (χ0) is 15.9. The van der Waals surface area contributed by atoms with Crippen molar-refractivity contribution in [1.29, 1.82) is 0 Å². The highest BCUT2D eigenvalue weighted by Gasteiger charge is 2.22. The van der Waals surface area contributed by atoms with E-state index in [4.69, 9.17) is 9.47 Å². The van der Waals surface area contributed by atoms with Gasteiger partial charge in [0.05, 0.1) is 13.2 Å². The molecular formula is C10H10N4O4S4. The lowest BCUT2D eigenvalue weighted by atomic mass is 10.5. The lowest BCUT2D eigenvalue weighted by Crippen LogP contribution is -2.06. The summed E-state index contributed by atoms with van der Waals surface area (Å²) in [6.45, 7) is 3.96. The molecule has 0 radical (unpaired) electrons. The van der Waals surface area contributed by atoms with Crippen molar-refractivity contribution >= 4 is 56.6 Å². The smallest absolute Gasteiger partial charge is 0.361 e. The average Bonchev–Trinajstić information content (AvgIpc) is 3.14. The molecule has 0 aliphatic heterocycles. The molecule has 0 aromatic carbocycles. The van der Waals surface area contributed by atoms with Crippen LogP contribution in [0.5, 0.6) is 0 Å². The largest absolute Gasteiger partial charge is 0.461 e. The Morgan fingerprint density at radius 3 is 1.68 bits per heavy atom. The minimum Gasteiger partial charge on any atom is -0.461 e. The van der Waals surface area contributed by atoms with E-state index in [1.165, 1.54) is 21.6 Å². The first-order valence-corrected chi connectivity index (χ1v) is 9.70. The maximum Gasteiger partial charge on any atom is 0.361 e. The Hall–Kier alpha value is -1.24. The molecule has 2 heterocycles. The van der Waals surface area contributed by atoms with Gasteiger partial charge in [-0.3, -0.25) is 0 Å². The zero-order valence-corrected chi connectivity index (χ0v) is 14.7. The van der Waals surface area contributed by atoms with Crippen LogP contribution in [-0.4, -0.2) is 44.3 Å². The van der Waals surface area contributed by atoms with Gasteiger partial charge in [-0.2, -0.15) is 0 Å². The van der Waals surface area contributed by atoms with E-state index in [0.29, 0.717) is 8.42 Å². The first-order valence-electron chi connectivity index (χ1n) is 6.00. The number of hydrogen-bond donors (Lipinski definition) is 0. The van der Waals surface area contributed by atoms with Crippen molar-refractivity contribution in [1.82, 2.24) is 19.2 Å². The number of rotatable bonds is 7. The van der Waals surface area contributed by atoms with Gasteiger partial charge < -0.3 is 9.47 Å². The van der Waals surface area contributed by atoms with Gasteiger partial charge in [-0.15, -0.1) is 10.2 Å². The molecule has 0 spiro atoms. The van der Waals surface area contributed by atoms with Crippen LogP contribution < -0.4 is 0 Å². The van der Waals surface area contributed by atoms with E-state index < -0.39 is 11.9 Å². The van der Waals surface area contributed by atoms with Gasteiger partial charge in [-0.1, -0.05) is 8.98 Å². The molecule has 8 nitrogen and oxygen atoms in total. The van der Waals surface area contributed by atoms with Crippen LogP contribution in [0.4, 0.5) is 0 Å². The summed E-state index contributed by atoms with van der Waals surface area (Å²) in [7, 11) is 2.49. The van der Waals surface area contributed by atoms with E-state index in [9.17, 15) is 9.59 Å². The van der Waals surface area contributed by atoms with Crippen molar-refractivity contribution < 1.29 is 19.1 Å². The Labute approximate surface area is 141 Å². The summed E-state index contributed by atoms with van der Waals surface area (Å²) in [6.07, 6.45) is 0. The Morgan fingerprint density at radius 1 is 0.909 bits per heavy atom. The molecule has 0 aliphatic rings. The quantitative estimate of drug-likeness (QED) is 0.527. The molecule has 22 heavy (non-hydrogen) atoms. The predicted octanol–water partition coefficient (Wildman–Crippen LogP) is 2.54. The van der Waals surface area contributed by atoms with E-state index in [1.54, 1.807) is 13.8 Å². The number of carbonyl (C=O) groups is 2. The van der Waals surface area contributed by atoms with Crippen molar-refractivity contribution in [3.8, 4) is 0 Å². The molecule has 0 unspecified atom stereocenters. The fraction of sp³-hybridized carbons (Fsp3) is 0.400. The third-order valence-corrected chi connectivity index (χ3v) is 6.69. The summed E-state index contributed by atoms with van der Waals surface area (Å²) in [5.74, 6) is -1.04. The highest BCUT2D eigenvalue weighted by molar-refractivity contribution is 8.77. The highest BCUT2D eigenvalue weighted by Crippen LogP contribution is 2.43. The van der Waals surface area contributed by atoms with E-state index in [1.807, 2.05) is 0 Å². The molecule has 2 rings (SSSR count). The molecule has 0 aliphatic carbocycles. The first kappa shape index (κ1) is 17.1. The maximum absolute atomic E-state index is 11.7. The standard InChI is InChI=1S/C10H10N4O4S4/c1-3-17-7(15)5-9(19-13-11-5)21-22-10-6(12-14-20-10)8(16)18-4-2/h3-4H2,1-2H3. The van der Waals surface area contributed by atoms with Crippen molar-refractivity contribution in [2.45, 2.75) is 22.3 Å². The fourth-order valence-electron chi connectivity index (χ4n) is 1.20. The second-order valence-electron chi connectivity index (χ2n) is 3.43. The summed E-state index contributed by atoms with van der Waals surface area (Å²) >= 11 is 2.16. The molecule has 12 heteroatoms. The summed E-state index contributed by atoms with van der Waals surface area (Å²) in [4.78, 5) is 23.4. The molecular weight excluding hydrogens is 368 g/mol. The lowest BCUT2D eigenvalue weighted by Gasteiger charge is -2.01. The fourth-order valence-corrected chi connectivity index (χ4v) is 5.10. The minimum absolute atomic E-state index is 0.166. The molecule has 118 valence electrons. The van der Waals surface area contributed by atoms with Crippen molar-refractivity contribution in [2.24, 2.45) is 0 Å². The molecule has 0 amide bonds. The number of nitrogens with zero attached hydrogens (tertiary/aromatic N) is 4. The Bertz CT molecular complexity index is 603. The van der Waals surface area contributed by atoms with Gasteiger partial charge >= 0.3 is 11.9 Å². The van der Waals surface area contributed by atoms with Crippen molar-refractivity contribution in [3.63, 3.8) is 0 Å². The van der Waals surface area contributed by atoms with Gasteiger partial charge in [0, 0.05) is 0 Å². The van der Waals surface area contributed by atoms with Crippen LogP contribution in [-0.2, 0) is 9.47 Å². The number of esters is 2. The van der Waals surface area contributed by atoms with Crippen molar-refractivity contribution in [3.05, 3.63) is 11.4 Å². The number of hydrogen-bond acceptors (Lipinski definition) is 12. The first-order chi connectivity index (χ1) is 10.7. The van der Waals surface area contributed by atoms with Gasteiger partial charge in [-0.25, -0.2) is 9.59 Å². The second-order valence-corrected chi connectivity index (χ2v) is 7.60. The van der Waals surface area contributed by atoms with Gasteiger partial charge in [0.2, 0.25) is 0 Å². The topological polar surface area (TPSA) is 104 Å². The van der Waals surface area contributed by atoms with Gasteiger partial charge in [0.25, 0.3) is 0 Å². The molecule has 0 bridgehead atoms. The van der Waals surface area contributed by atoms with Crippen LogP contribution in [0.3, 0.4) is 0 Å². The summed E-state index contributed by atoms with van der Waals surface area (Å²) in [5, 5.41) is 7.52. The van der Waals surface area contributed by atoms with E-state index in [2.05, 4.69) is 19.2 Å². The van der Waals surface area contributed by atoms with E-state index in [0.717, 1.165) is 23.1 Å². The predicted molar refractivity (Wildman–Crippen MR) is 83.4 cm³/mol. The Kier molecular flexibility index (Phi) is 6.54. The number of ether oxygens (including phenoxy) is 2. The molecule has 2 aromatic heterocycles. The van der Waals surface area contributed by atoms with E-state index in [-0.39, 0.29) is 24.6 Å². The van der Waals surface area contributed by atoms with Gasteiger partial charge in [-0.05, 0) is 58.5 Å². The van der Waals surface area contributed by atoms with Crippen LogP contribution in [0.2, 0.25) is 0 Å². The van der Waals surface area contributed by atoms with Crippen molar-refractivity contribution in [2.75, 3.05) is 13.2 Å². The normalized spacial score (nSPS) is 10.5. The SMILES string of the molecule is CCOC(=O)c1nnsc1SSc1snnc1C(=O)OCC. The van der Waals surface area contributed by atoms with Crippen LogP contribution >= 0.6 is 44.7 Å². The van der Waals surface area contributed by atoms with Crippen LogP contribution in [0.15, 0.2) is 8.42 Å². The molecule has 0 atom stereocenters. The molecule has 0 saturated carbocycles. The molecule has 0 N–H and O–H groups in total. The number of carbonyl (C=O) groups excluding carboxylic acids is 2. The zero-order valence-electron chi connectivity index (χ0n) is 11.5. The minimum atomic E-state index is -0.521. The van der Waals surface area contributed by atoms with Crippen LogP contribution in [0, 0.1) is 0 Å². The van der Waals surface area contributed by atoms with E-state index >= 15 is 0 Å². The Morgan fingerprint density at radius 2 is 1.32 bits per heavy atom. The van der Waals surface area contributed by atoms with Gasteiger partial charge in [0.15, 0.2) is 11.4 Å². The summed E-state index contributed by atoms with van der Waals surface area (Å²) in [5.41, 5.74) is 0.332. The monoisotopic (exact) mass is 378 g/mol. The number of aromatic nitrogens is 4. The Balaban J connectivity index is 2.06. The highest BCUT2D eigenvalue weighted by atomic mass is 33.1. The van der Waals surface area contributed by atoms with Crippen LogP contribution in [0.1, 0.15) is 34.8 Å². The third-order valence-electron chi connectivity index (χ3n) is 2.05. The maximum atomic E-state index is 11.7. The molecule has 0 saturated heterocycles. The third kappa shape index (κ3) is 4.15. The lowest BCUT2D eigenvalue weighted by molar-refractivity contribution is 0.0506. The second kappa shape index (κ2) is 8.41. The van der Waals surface area contributed by atoms with Crippen LogP contribution in [0.25, 0.3) is 0 Å². The van der Waals surface area contributed by atoms with Gasteiger partial charge in [0.1, 0.15) is 8.42 Å².